The van der Waals surface area contributed by atoms with E-state index in [1.807, 2.05) is 30.3 Å². The first-order valence-electron chi connectivity index (χ1n) is 7.98. The molecule has 4 rings (SSSR count). The van der Waals surface area contributed by atoms with Crippen LogP contribution in [0.4, 0.5) is 5.13 Å². The molecule has 2 aromatic heterocycles. The van der Waals surface area contributed by atoms with Crippen molar-refractivity contribution in [1.29, 1.82) is 0 Å². The number of nitrogens with zero attached hydrogens (tertiary/aromatic N) is 5. The fourth-order valence-corrected chi connectivity index (χ4v) is 3.61. The Kier molecular flexibility index (Phi) is 4.14. The lowest BCUT2D eigenvalue weighted by molar-refractivity contribution is -0.128. The number of amides is 2. The molecule has 128 valence electrons. The zero-order valence-corrected chi connectivity index (χ0v) is 14.1. The van der Waals surface area contributed by atoms with Crippen molar-refractivity contribution >= 4 is 33.2 Å². The van der Waals surface area contributed by atoms with E-state index in [1.165, 1.54) is 27.7 Å². The zero-order chi connectivity index (χ0) is 17.2. The van der Waals surface area contributed by atoms with Crippen molar-refractivity contribution in [2.75, 3.05) is 18.4 Å². The van der Waals surface area contributed by atoms with Crippen molar-refractivity contribution in [2.24, 2.45) is 5.92 Å². The largest absolute Gasteiger partial charge is 0.342 e. The molecule has 1 aromatic carbocycles. The maximum absolute atomic E-state index is 12.4. The molecule has 25 heavy (non-hydrogen) atoms. The van der Waals surface area contributed by atoms with E-state index in [0.717, 1.165) is 6.42 Å². The third-order valence-corrected chi connectivity index (χ3v) is 5.04. The van der Waals surface area contributed by atoms with E-state index < -0.39 is 0 Å². The summed E-state index contributed by atoms with van der Waals surface area (Å²) in [6.45, 7) is 1.07. The van der Waals surface area contributed by atoms with Crippen LogP contribution in [0, 0.1) is 5.92 Å². The summed E-state index contributed by atoms with van der Waals surface area (Å²) in [7, 11) is 0. The third kappa shape index (κ3) is 3.36. The molecule has 0 radical (unpaired) electrons. The number of carbonyl (C=O) groups is 2. The Morgan fingerprint density at radius 1 is 1.32 bits per heavy atom. The van der Waals surface area contributed by atoms with Crippen LogP contribution in [0.2, 0.25) is 0 Å². The van der Waals surface area contributed by atoms with E-state index in [1.54, 1.807) is 4.90 Å². The minimum absolute atomic E-state index is 0.0224. The summed E-state index contributed by atoms with van der Waals surface area (Å²) in [5.74, 6) is -0.507. The van der Waals surface area contributed by atoms with Crippen molar-refractivity contribution in [1.82, 2.24) is 24.7 Å². The van der Waals surface area contributed by atoms with E-state index in [-0.39, 0.29) is 24.2 Å². The normalized spacial score (nSPS) is 17.4. The number of anilines is 1. The molecule has 3 aromatic rings. The molecule has 2 amide bonds. The van der Waals surface area contributed by atoms with E-state index in [4.69, 9.17) is 0 Å². The van der Waals surface area contributed by atoms with Gasteiger partial charge in [-0.05, 0) is 12.0 Å². The molecule has 0 unspecified atom stereocenters. The van der Waals surface area contributed by atoms with Crippen molar-refractivity contribution in [2.45, 2.75) is 12.8 Å². The monoisotopic (exact) mass is 356 g/mol. The van der Waals surface area contributed by atoms with Gasteiger partial charge < -0.3 is 10.2 Å². The molecule has 8 nitrogen and oxygen atoms in total. The van der Waals surface area contributed by atoms with Crippen LogP contribution in [0.3, 0.4) is 0 Å². The first-order chi connectivity index (χ1) is 12.2. The lowest BCUT2D eigenvalue weighted by atomic mass is 10.1. The van der Waals surface area contributed by atoms with E-state index >= 15 is 0 Å². The Labute approximate surface area is 147 Å². The molecule has 9 heteroatoms. The second-order valence-corrected chi connectivity index (χ2v) is 6.89. The van der Waals surface area contributed by atoms with E-state index in [9.17, 15) is 9.59 Å². The average molecular weight is 356 g/mol. The summed E-state index contributed by atoms with van der Waals surface area (Å²) < 4.78 is 1.51. The molecule has 1 fully saturated rings. The summed E-state index contributed by atoms with van der Waals surface area (Å²) in [6, 6.07) is 10.0. The first kappa shape index (κ1) is 15.7. The molecule has 1 atom stereocenters. The van der Waals surface area contributed by atoms with Crippen molar-refractivity contribution in [3.63, 3.8) is 0 Å². The topological polar surface area (TPSA) is 92.5 Å². The molecule has 0 saturated carbocycles. The van der Waals surface area contributed by atoms with Crippen LogP contribution in [0.5, 0.6) is 0 Å². The summed E-state index contributed by atoms with van der Waals surface area (Å²) in [6.07, 6.45) is 2.51. The number of carbonyl (C=O) groups excluding carboxylic acids is 2. The van der Waals surface area contributed by atoms with Gasteiger partial charge in [-0.2, -0.15) is 4.52 Å². The number of rotatable bonds is 5. The van der Waals surface area contributed by atoms with Gasteiger partial charge in [0.1, 0.15) is 6.33 Å². The third-order valence-electron chi connectivity index (χ3n) is 4.22. The fourth-order valence-electron chi connectivity index (χ4n) is 2.89. The van der Waals surface area contributed by atoms with Crippen LogP contribution in [-0.4, -0.2) is 49.6 Å². The SMILES string of the molecule is O=C(Nc1nn2cnnc2s1)[C@H]1CC(=O)N(CCc2ccccc2)C1. The summed E-state index contributed by atoms with van der Waals surface area (Å²) in [4.78, 5) is 27.0. The number of likely N-dealkylation sites (tertiary alicyclic amines) is 1. The number of hydrogen-bond acceptors (Lipinski definition) is 6. The molecule has 3 heterocycles. The minimum atomic E-state index is -0.349. The van der Waals surface area contributed by atoms with Gasteiger partial charge in [-0.25, -0.2) is 0 Å². The Morgan fingerprint density at radius 2 is 2.16 bits per heavy atom. The molecule has 1 saturated heterocycles. The van der Waals surface area contributed by atoms with Gasteiger partial charge in [0.15, 0.2) is 0 Å². The van der Waals surface area contributed by atoms with Gasteiger partial charge >= 0.3 is 0 Å². The molecule has 0 spiro atoms. The molecule has 0 bridgehead atoms. The number of nitrogens with one attached hydrogen (secondary N) is 1. The van der Waals surface area contributed by atoms with Gasteiger partial charge in [0, 0.05) is 19.5 Å². The predicted octanol–water partition coefficient (Wildman–Crippen LogP) is 1.22. The Morgan fingerprint density at radius 3 is 2.96 bits per heavy atom. The molecule has 1 N–H and O–H groups in total. The van der Waals surface area contributed by atoms with Gasteiger partial charge in [0.05, 0.1) is 5.92 Å². The highest BCUT2D eigenvalue weighted by Crippen LogP contribution is 2.22. The van der Waals surface area contributed by atoms with Crippen LogP contribution in [0.1, 0.15) is 12.0 Å². The maximum atomic E-state index is 12.4. The quantitative estimate of drug-likeness (QED) is 0.742. The lowest BCUT2D eigenvalue weighted by Gasteiger charge is -2.16. The zero-order valence-electron chi connectivity index (χ0n) is 13.3. The second-order valence-electron chi connectivity index (χ2n) is 5.93. The Balaban J connectivity index is 1.34. The highest BCUT2D eigenvalue weighted by molar-refractivity contribution is 7.20. The van der Waals surface area contributed by atoms with Gasteiger partial charge in [-0.1, -0.05) is 41.7 Å². The van der Waals surface area contributed by atoms with Crippen LogP contribution in [0.25, 0.3) is 4.96 Å². The van der Waals surface area contributed by atoms with Gasteiger partial charge in [-0.15, -0.1) is 15.3 Å². The van der Waals surface area contributed by atoms with Gasteiger partial charge in [0.25, 0.3) is 0 Å². The molecule has 0 aliphatic carbocycles. The summed E-state index contributed by atoms with van der Waals surface area (Å²) in [5, 5.41) is 15.0. The second kappa shape index (κ2) is 6.60. The van der Waals surface area contributed by atoms with Gasteiger partial charge in [-0.3, -0.25) is 9.59 Å². The van der Waals surface area contributed by atoms with Crippen molar-refractivity contribution in [3.8, 4) is 0 Å². The van der Waals surface area contributed by atoms with Crippen molar-refractivity contribution < 1.29 is 9.59 Å². The number of hydrogen-bond donors (Lipinski definition) is 1. The van der Waals surface area contributed by atoms with Crippen LogP contribution < -0.4 is 5.32 Å². The van der Waals surface area contributed by atoms with Crippen LogP contribution >= 0.6 is 11.3 Å². The molecular weight excluding hydrogens is 340 g/mol. The highest BCUT2D eigenvalue weighted by Gasteiger charge is 2.34. The Hall–Kier alpha value is -2.81. The average Bonchev–Trinajstić information content (AvgIpc) is 3.29. The van der Waals surface area contributed by atoms with Crippen LogP contribution in [-0.2, 0) is 16.0 Å². The molecular formula is C16H16N6O2S. The predicted molar refractivity (Wildman–Crippen MR) is 92.1 cm³/mol. The number of aromatic nitrogens is 4. The standard InChI is InChI=1S/C16H16N6O2S/c23-13-8-12(9-21(13)7-6-11-4-2-1-3-5-11)14(24)18-15-20-22-10-17-19-16(22)25-15/h1-5,10,12H,6-9H2,(H,18,20,24)/t12-/m0/s1. The van der Waals surface area contributed by atoms with E-state index in [0.29, 0.717) is 23.2 Å². The van der Waals surface area contributed by atoms with Crippen LogP contribution in [0.15, 0.2) is 36.7 Å². The minimum Gasteiger partial charge on any atom is -0.342 e. The fraction of sp³-hybridized carbons (Fsp3) is 0.312. The maximum Gasteiger partial charge on any atom is 0.236 e. The summed E-state index contributed by atoms with van der Waals surface area (Å²) in [5.41, 5.74) is 1.18. The number of fused-ring (bicyclic) bond motifs is 1. The van der Waals surface area contributed by atoms with Crippen molar-refractivity contribution in [3.05, 3.63) is 42.2 Å². The smallest absolute Gasteiger partial charge is 0.236 e. The lowest BCUT2D eigenvalue weighted by Crippen LogP contribution is -2.30. The van der Waals surface area contributed by atoms with E-state index in [2.05, 4.69) is 20.6 Å². The number of benzene rings is 1. The summed E-state index contributed by atoms with van der Waals surface area (Å²) >= 11 is 1.25. The highest BCUT2D eigenvalue weighted by atomic mass is 32.1. The molecule has 1 aliphatic heterocycles. The Bertz CT molecular complexity index is 877. The first-order valence-corrected chi connectivity index (χ1v) is 8.80. The van der Waals surface area contributed by atoms with Gasteiger partial charge in [0.2, 0.25) is 21.9 Å². The molecule has 1 aliphatic rings.